The van der Waals surface area contributed by atoms with Crippen LogP contribution in [0.25, 0.3) is 0 Å². The molecule has 0 unspecified atom stereocenters. The third-order valence-corrected chi connectivity index (χ3v) is 3.74. The Bertz CT molecular complexity index is 580. The van der Waals surface area contributed by atoms with E-state index in [9.17, 15) is 13.2 Å². The summed E-state index contributed by atoms with van der Waals surface area (Å²) >= 11 is 0. The topological polar surface area (TPSA) is 101 Å². The number of rotatable bonds is 7. The number of hydrogen-bond donors (Lipinski definition) is 3. The molecule has 0 aliphatic heterocycles. The van der Waals surface area contributed by atoms with E-state index in [1.807, 2.05) is 24.3 Å². The molecule has 118 valence electrons. The highest BCUT2D eigenvalue weighted by Gasteiger charge is 2.22. The quantitative estimate of drug-likeness (QED) is 0.666. The van der Waals surface area contributed by atoms with Crippen molar-refractivity contribution < 1.29 is 13.2 Å². The molecule has 0 spiro atoms. The highest BCUT2D eigenvalue weighted by molar-refractivity contribution is 7.88. The summed E-state index contributed by atoms with van der Waals surface area (Å²) < 4.78 is 24.9. The lowest BCUT2D eigenvalue weighted by molar-refractivity contribution is -0.120. The van der Waals surface area contributed by atoms with Gasteiger partial charge in [-0.3, -0.25) is 4.79 Å². The van der Waals surface area contributed by atoms with Gasteiger partial charge in [-0.1, -0.05) is 24.3 Å². The van der Waals surface area contributed by atoms with Crippen molar-refractivity contribution in [3.05, 3.63) is 35.4 Å². The molecule has 0 fully saturated rings. The fraction of sp³-hybridized carbons (Fsp3) is 0.500. The Morgan fingerprint density at radius 3 is 2.19 bits per heavy atom. The molecule has 0 saturated heterocycles. The smallest absolute Gasteiger partial charge is 0.224 e. The van der Waals surface area contributed by atoms with E-state index in [4.69, 9.17) is 5.73 Å². The molecule has 1 aromatic carbocycles. The van der Waals surface area contributed by atoms with Crippen molar-refractivity contribution in [3.8, 4) is 0 Å². The molecule has 0 aliphatic carbocycles. The number of sulfonamides is 1. The minimum atomic E-state index is -3.31. The van der Waals surface area contributed by atoms with Gasteiger partial charge in [-0.2, -0.15) is 0 Å². The molecule has 0 saturated carbocycles. The Balaban J connectivity index is 2.50. The standard InChI is InChI=1S/C14H23N3O3S/c1-14(2,17-21(3,19)20)10-16-13(18)8-11-4-6-12(9-15)7-5-11/h4-7,17H,8-10,15H2,1-3H3,(H,16,18). The van der Waals surface area contributed by atoms with Gasteiger partial charge in [-0.05, 0) is 25.0 Å². The van der Waals surface area contributed by atoms with Crippen LogP contribution in [0.3, 0.4) is 0 Å². The minimum Gasteiger partial charge on any atom is -0.354 e. The van der Waals surface area contributed by atoms with Gasteiger partial charge in [0.25, 0.3) is 0 Å². The Hall–Kier alpha value is -1.44. The van der Waals surface area contributed by atoms with Crippen LogP contribution in [-0.2, 0) is 27.8 Å². The molecule has 0 aliphatic rings. The lowest BCUT2D eigenvalue weighted by atomic mass is 10.1. The lowest BCUT2D eigenvalue weighted by Gasteiger charge is -2.25. The average molecular weight is 313 g/mol. The van der Waals surface area contributed by atoms with E-state index < -0.39 is 15.6 Å². The summed E-state index contributed by atoms with van der Waals surface area (Å²) in [6.45, 7) is 4.12. The summed E-state index contributed by atoms with van der Waals surface area (Å²) in [4.78, 5) is 11.9. The molecular formula is C14H23N3O3S. The van der Waals surface area contributed by atoms with Crippen LogP contribution in [0, 0.1) is 0 Å². The predicted molar refractivity (Wildman–Crippen MR) is 83.1 cm³/mol. The molecule has 7 heteroatoms. The molecule has 0 radical (unpaired) electrons. The zero-order valence-corrected chi connectivity index (χ0v) is 13.5. The van der Waals surface area contributed by atoms with Gasteiger partial charge in [-0.25, -0.2) is 13.1 Å². The van der Waals surface area contributed by atoms with Crippen molar-refractivity contribution in [1.29, 1.82) is 0 Å². The highest BCUT2D eigenvalue weighted by Crippen LogP contribution is 2.06. The Labute approximate surface area is 126 Å². The molecule has 4 N–H and O–H groups in total. The zero-order chi connectivity index (χ0) is 16.1. The Kier molecular flexibility index (Phi) is 5.88. The van der Waals surface area contributed by atoms with Gasteiger partial charge in [0, 0.05) is 18.6 Å². The third kappa shape index (κ3) is 7.22. The van der Waals surface area contributed by atoms with Gasteiger partial charge in [0.15, 0.2) is 0 Å². The number of hydrogen-bond acceptors (Lipinski definition) is 4. The third-order valence-electron chi connectivity index (χ3n) is 2.81. The highest BCUT2D eigenvalue weighted by atomic mass is 32.2. The summed E-state index contributed by atoms with van der Waals surface area (Å²) in [5, 5.41) is 2.73. The van der Waals surface area contributed by atoms with Crippen LogP contribution in [0.15, 0.2) is 24.3 Å². The second kappa shape index (κ2) is 7.02. The maximum Gasteiger partial charge on any atom is 0.224 e. The molecule has 0 heterocycles. The fourth-order valence-corrected chi connectivity index (χ4v) is 2.97. The van der Waals surface area contributed by atoms with E-state index >= 15 is 0 Å². The number of nitrogens with two attached hydrogens (primary N) is 1. The molecule has 0 atom stereocenters. The molecule has 1 rings (SSSR count). The van der Waals surface area contributed by atoms with Crippen LogP contribution in [0.4, 0.5) is 0 Å². The zero-order valence-electron chi connectivity index (χ0n) is 12.6. The number of carbonyl (C=O) groups excluding carboxylic acids is 1. The van der Waals surface area contributed by atoms with Crippen molar-refractivity contribution >= 4 is 15.9 Å². The molecule has 1 amide bonds. The average Bonchev–Trinajstić information content (AvgIpc) is 2.35. The van der Waals surface area contributed by atoms with Gasteiger partial charge in [0.05, 0.1) is 12.7 Å². The Morgan fingerprint density at radius 1 is 1.19 bits per heavy atom. The van der Waals surface area contributed by atoms with Crippen molar-refractivity contribution in [2.24, 2.45) is 5.73 Å². The van der Waals surface area contributed by atoms with Crippen molar-refractivity contribution in [1.82, 2.24) is 10.0 Å². The van der Waals surface area contributed by atoms with E-state index in [2.05, 4.69) is 10.0 Å². The van der Waals surface area contributed by atoms with Gasteiger partial charge >= 0.3 is 0 Å². The molecule has 21 heavy (non-hydrogen) atoms. The largest absolute Gasteiger partial charge is 0.354 e. The second-order valence-corrected chi connectivity index (χ2v) is 7.48. The maximum atomic E-state index is 11.9. The van der Waals surface area contributed by atoms with E-state index in [1.165, 1.54) is 0 Å². The fourth-order valence-electron chi connectivity index (χ4n) is 1.90. The first-order chi connectivity index (χ1) is 9.61. The number of carbonyl (C=O) groups is 1. The summed E-state index contributed by atoms with van der Waals surface area (Å²) in [6.07, 6.45) is 1.34. The monoisotopic (exact) mass is 313 g/mol. The van der Waals surface area contributed by atoms with Crippen LogP contribution < -0.4 is 15.8 Å². The summed E-state index contributed by atoms with van der Waals surface area (Å²) in [5.74, 6) is -0.154. The summed E-state index contributed by atoms with van der Waals surface area (Å²) in [6, 6.07) is 7.50. The molecule has 0 aromatic heterocycles. The Morgan fingerprint density at radius 2 is 1.71 bits per heavy atom. The van der Waals surface area contributed by atoms with E-state index in [0.717, 1.165) is 17.4 Å². The van der Waals surface area contributed by atoms with Crippen molar-refractivity contribution in [3.63, 3.8) is 0 Å². The molecular weight excluding hydrogens is 290 g/mol. The molecule has 0 bridgehead atoms. The van der Waals surface area contributed by atoms with E-state index in [1.54, 1.807) is 13.8 Å². The predicted octanol–water partition coefficient (Wildman–Crippen LogP) is 0.132. The normalized spacial score (nSPS) is 12.2. The van der Waals surface area contributed by atoms with Crippen LogP contribution in [0.2, 0.25) is 0 Å². The van der Waals surface area contributed by atoms with Gasteiger partial charge < -0.3 is 11.1 Å². The number of nitrogens with one attached hydrogen (secondary N) is 2. The molecule has 6 nitrogen and oxygen atoms in total. The van der Waals surface area contributed by atoms with Crippen LogP contribution in [0.1, 0.15) is 25.0 Å². The van der Waals surface area contributed by atoms with Gasteiger partial charge in [-0.15, -0.1) is 0 Å². The van der Waals surface area contributed by atoms with Crippen molar-refractivity contribution in [2.45, 2.75) is 32.4 Å². The van der Waals surface area contributed by atoms with E-state index in [-0.39, 0.29) is 18.9 Å². The SMILES string of the molecule is CC(C)(CNC(=O)Cc1ccc(CN)cc1)NS(C)(=O)=O. The number of benzene rings is 1. The van der Waals surface area contributed by atoms with E-state index in [0.29, 0.717) is 6.54 Å². The summed E-state index contributed by atoms with van der Waals surface area (Å²) in [7, 11) is -3.31. The van der Waals surface area contributed by atoms with Crippen LogP contribution >= 0.6 is 0 Å². The van der Waals surface area contributed by atoms with Gasteiger partial charge in [0.2, 0.25) is 15.9 Å². The second-order valence-electron chi connectivity index (χ2n) is 5.73. The summed E-state index contributed by atoms with van der Waals surface area (Å²) in [5.41, 5.74) is 6.68. The van der Waals surface area contributed by atoms with Gasteiger partial charge in [0.1, 0.15) is 0 Å². The maximum absolute atomic E-state index is 11.9. The van der Waals surface area contributed by atoms with Crippen LogP contribution in [0.5, 0.6) is 0 Å². The first-order valence-electron chi connectivity index (χ1n) is 6.65. The lowest BCUT2D eigenvalue weighted by Crippen LogP contribution is -2.51. The minimum absolute atomic E-state index is 0.154. The van der Waals surface area contributed by atoms with Crippen LogP contribution in [-0.4, -0.2) is 32.7 Å². The first-order valence-corrected chi connectivity index (χ1v) is 8.54. The number of amides is 1. The van der Waals surface area contributed by atoms with Crippen molar-refractivity contribution in [2.75, 3.05) is 12.8 Å². The first kappa shape index (κ1) is 17.6. The molecule has 1 aromatic rings.